The summed E-state index contributed by atoms with van der Waals surface area (Å²) in [7, 11) is 0. The van der Waals surface area contributed by atoms with Crippen LogP contribution < -0.4 is 5.32 Å². The first-order chi connectivity index (χ1) is 10.2. The Labute approximate surface area is 131 Å². The van der Waals surface area contributed by atoms with E-state index in [-0.39, 0.29) is 11.9 Å². The highest BCUT2D eigenvalue weighted by atomic mass is 32.2. The highest BCUT2D eigenvalue weighted by Gasteiger charge is 2.09. The van der Waals surface area contributed by atoms with Gasteiger partial charge in [-0.15, -0.1) is 11.8 Å². The summed E-state index contributed by atoms with van der Waals surface area (Å²) < 4.78 is 0. The molecule has 21 heavy (non-hydrogen) atoms. The first-order valence-electron chi connectivity index (χ1n) is 7.13. The number of amides is 1. The summed E-state index contributed by atoms with van der Waals surface area (Å²) in [5, 5.41) is 3.04. The van der Waals surface area contributed by atoms with Gasteiger partial charge in [-0.1, -0.05) is 54.6 Å². The molecule has 0 saturated carbocycles. The number of carbonyl (C=O) groups excluding carboxylic acids is 1. The van der Waals surface area contributed by atoms with Crippen molar-refractivity contribution in [1.29, 1.82) is 0 Å². The lowest BCUT2D eigenvalue weighted by Gasteiger charge is -2.14. The summed E-state index contributed by atoms with van der Waals surface area (Å²) in [6, 6.07) is 18.4. The molecular formula is C18H21NOS. The highest BCUT2D eigenvalue weighted by molar-refractivity contribution is 7.99. The lowest BCUT2D eigenvalue weighted by atomic mass is 10.1. The third-order valence-corrected chi connectivity index (χ3v) is 4.41. The van der Waals surface area contributed by atoms with E-state index in [1.54, 1.807) is 11.8 Å². The second-order valence-electron chi connectivity index (χ2n) is 5.12. The average molecular weight is 299 g/mol. The standard InChI is InChI=1S/C18H21NOS/c1-14-8-6-7-11-17(14)12-21-13-18(20)19-15(2)16-9-4-3-5-10-16/h3-11,15H,12-13H2,1-2H3,(H,19,20)/t15-/m1/s1. The molecule has 2 nitrogen and oxygen atoms in total. The van der Waals surface area contributed by atoms with Crippen LogP contribution in [0.2, 0.25) is 0 Å². The van der Waals surface area contributed by atoms with E-state index in [0.29, 0.717) is 5.75 Å². The molecule has 1 N–H and O–H groups in total. The Morgan fingerprint density at radius 2 is 1.76 bits per heavy atom. The number of hydrogen-bond donors (Lipinski definition) is 1. The molecule has 0 saturated heterocycles. The van der Waals surface area contributed by atoms with Crippen LogP contribution in [0.4, 0.5) is 0 Å². The molecule has 2 aromatic carbocycles. The van der Waals surface area contributed by atoms with Gasteiger partial charge in [0.1, 0.15) is 0 Å². The van der Waals surface area contributed by atoms with Crippen molar-refractivity contribution in [3.63, 3.8) is 0 Å². The van der Waals surface area contributed by atoms with Crippen molar-refractivity contribution in [1.82, 2.24) is 5.32 Å². The van der Waals surface area contributed by atoms with Gasteiger partial charge in [0.15, 0.2) is 0 Å². The molecule has 0 aliphatic heterocycles. The van der Waals surface area contributed by atoms with Gasteiger partial charge in [-0.2, -0.15) is 0 Å². The minimum absolute atomic E-state index is 0.0535. The van der Waals surface area contributed by atoms with Crippen LogP contribution >= 0.6 is 11.8 Å². The molecule has 2 aromatic rings. The summed E-state index contributed by atoms with van der Waals surface area (Å²) >= 11 is 1.65. The van der Waals surface area contributed by atoms with Crippen molar-refractivity contribution in [2.24, 2.45) is 0 Å². The molecule has 1 atom stereocenters. The van der Waals surface area contributed by atoms with Crippen LogP contribution in [-0.2, 0) is 10.5 Å². The Morgan fingerprint density at radius 1 is 1.10 bits per heavy atom. The van der Waals surface area contributed by atoms with Crippen molar-refractivity contribution in [2.45, 2.75) is 25.6 Å². The van der Waals surface area contributed by atoms with E-state index in [0.717, 1.165) is 11.3 Å². The SMILES string of the molecule is Cc1ccccc1CSCC(=O)N[C@H](C)c1ccccc1. The maximum Gasteiger partial charge on any atom is 0.230 e. The number of thioether (sulfide) groups is 1. The minimum Gasteiger partial charge on any atom is -0.349 e. The monoisotopic (exact) mass is 299 g/mol. The predicted molar refractivity (Wildman–Crippen MR) is 90.3 cm³/mol. The zero-order valence-corrected chi connectivity index (χ0v) is 13.3. The predicted octanol–water partition coefficient (Wildman–Crippen LogP) is 4.11. The normalized spacial score (nSPS) is 11.9. The average Bonchev–Trinajstić information content (AvgIpc) is 2.50. The van der Waals surface area contributed by atoms with Crippen molar-refractivity contribution in [3.05, 3.63) is 71.3 Å². The van der Waals surface area contributed by atoms with E-state index in [4.69, 9.17) is 0 Å². The first-order valence-corrected chi connectivity index (χ1v) is 8.29. The van der Waals surface area contributed by atoms with Crippen molar-refractivity contribution in [3.8, 4) is 0 Å². The van der Waals surface area contributed by atoms with Crippen LogP contribution in [0.5, 0.6) is 0 Å². The number of hydrogen-bond acceptors (Lipinski definition) is 2. The van der Waals surface area contributed by atoms with E-state index in [2.05, 4.69) is 24.4 Å². The largest absolute Gasteiger partial charge is 0.349 e. The van der Waals surface area contributed by atoms with E-state index < -0.39 is 0 Å². The summed E-state index contributed by atoms with van der Waals surface area (Å²) in [4.78, 5) is 12.0. The summed E-state index contributed by atoms with van der Waals surface area (Å²) in [6.45, 7) is 4.12. The second-order valence-corrected chi connectivity index (χ2v) is 6.10. The highest BCUT2D eigenvalue weighted by Crippen LogP contribution is 2.16. The Morgan fingerprint density at radius 3 is 2.48 bits per heavy atom. The molecule has 2 rings (SSSR count). The number of rotatable bonds is 6. The zero-order chi connectivity index (χ0) is 15.1. The Kier molecular flexibility index (Phi) is 5.88. The fraction of sp³-hybridized carbons (Fsp3) is 0.278. The van der Waals surface area contributed by atoms with E-state index in [1.807, 2.05) is 49.4 Å². The molecule has 0 radical (unpaired) electrons. The first kappa shape index (κ1) is 15.6. The smallest absolute Gasteiger partial charge is 0.230 e. The summed E-state index contributed by atoms with van der Waals surface area (Å²) in [5.41, 5.74) is 3.71. The Hall–Kier alpha value is -1.74. The van der Waals surface area contributed by atoms with Crippen LogP contribution in [0.3, 0.4) is 0 Å². The van der Waals surface area contributed by atoms with Gasteiger partial charge in [0, 0.05) is 5.75 Å². The lowest BCUT2D eigenvalue weighted by molar-refractivity contribution is -0.119. The third-order valence-electron chi connectivity index (χ3n) is 3.43. The van der Waals surface area contributed by atoms with E-state index in [1.165, 1.54) is 11.1 Å². The number of benzene rings is 2. The molecule has 0 aromatic heterocycles. The van der Waals surface area contributed by atoms with Gasteiger partial charge in [-0.05, 0) is 30.5 Å². The van der Waals surface area contributed by atoms with Crippen molar-refractivity contribution < 1.29 is 4.79 Å². The molecule has 0 aliphatic carbocycles. The molecule has 0 fully saturated rings. The molecule has 0 spiro atoms. The molecule has 0 aliphatic rings. The Balaban J connectivity index is 1.76. The second kappa shape index (κ2) is 7.89. The Bertz CT molecular complexity index is 583. The number of aryl methyl sites for hydroxylation is 1. The fourth-order valence-corrected chi connectivity index (χ4v) is 3.05. The third kappa shape index (κ3) is 4.94. The molecular weight excluding hydrogens is 278 g/mol. The van der Waals surface area contributed by atoms with Gasteiger partial charge in [0.25, 0.3) is 0 Å². The van der Waals surface area contributed by atoms with Gasteiger partial charge in [-0.25, -0.2) is 0 Å². The van der Waals surface area contributed by atoms with Crippen LogP contribution in [0.25, 0.3) is 0 Å². The summed E-state index contributed by atoms with van der Waals surface area (Å²) in [5.74, 6) is 1.45. The fourth-order valence-electron chi connectivity index (χ4n) is 2.13. The van der Waals surface area contributed by atoms with Gasteiger partial charge >= 0.3 is 0 Å². The van der Waals surface area contributed by atoms with Gasteiger partial charge < -0.3 is 5.32 Å². The van der Waals surface area contributed by atoms with Crippen LogP contribution in [0, 0.1) is 6.92 Å². The molecule has 0 bridgehead atoms. The number of nitrogens with one attached hydrogen (secondary N) is 1. The van der Waals surface area contributed by atoms with Gasteiger partial charge in [-0.3, -0.25) is 4.79 Å². The van der Waals surface area contributed by atoms with Crippen molar-refractivity contribution >= 4 is 17.7 Å². The van der Waals surface area contributed by atoms with Crippen LogP contribution in [-0.4, -0.2) is 11.7 Å². The summed E-state index contributed by atoms with van der Waals surface area (Å²) in [6.07, 6.45) is 0. The maximum atomic E-state index is 12.0. The molecule has 0 heterocycles. The topological polar surface area (TPSA) is 29.1 Å². The minimum atomic E-state index is 0.0535. The number of carbonyl (C=O) groups is 1. The maximum absolute atomic E-state index is 12.0. The van der Waals surface area contributed by atoms with Crippen LogP contribution in [0.1, 0.15) is 29.7 Å². The van der Waals surface area contributed by atoms with Gasteiger partial charge in [0.2, 0.25) is 5.91 Å². The molecule has 110 valence electrons. The molecule has 1 amide bonds. The lowest BCUT2D eigenvalue weighted by Crippen LogP contribution is -2.28. The quantitative estimate of drug-likeness (QED) is 0.870. The molecule has 3 heteroatoms. The zero-order valence-electron chi connectivity index (χ0n) is 12.5. The van der Waals surface area contributed by atoms with Crippen molar-refractivity contribution in [2.75, 3.05) is 5.75 Å². The molecule has 0 unspecified atom stereocenters. The van der Waals surface area contributed by atoms with E-state index in [9.17, 15) is 4.79 Å². The van der Waals surface area contributed by atoms with Crippen LogP contribution in [0.15, 0.2) is 54.6 Å². The van der Waals surface area contributed by atoms with E-state index >= 15 is 0 Å². The van der Waals surface area contributed by atoms with Gasteiger partial charge in [0.05, 0.1) is 11.8 Å².